The molecule has 0 spiro atoms. The van der Waals surface area contributed by atoms with Crippen LogP contribution in [0.4, 0.5) is 4.39 Å². The molecular formula is C22H21FN4O. The highest BCUT2D eigenvalue weighted by atomic mass is 19.1. The Balaban J connectivity index is 1.70. The molecule has 5 nitrogen and oxygen atoms in total. The van der Waals surface area contributed by atoms with Crippen LogP contribution in [0.25, 0.3) is 16.8 Å². The fourth-order valence-corrected chi connectivity index (χ4v) is 3.57. The summed E-state index contributed by atoms with van der Waals surface area (Å²) in [4.78, 5) is 4.16. The number of pyridine rings is 2. The average Bonchev–Trinajstić information content (AvgIpc) is 3.17. The summed E-state index contributed by atoms with van der Waals surface area (Å²) in [7, 11) is 1.57. The van der Waals surface area contributed by atoms with Crippen molar-refractivity contribution in [1.29, 1.82) is 0 Å². The Labute approximate surface area is 162 Å². The Morgan fingerprint density at radius 3 is 2.71 bits per heavy atom. The normalized spacial score (nSPS) is 11.1. The Hall–Kier alpha value is -3.28. The average molecular weight is 376 g/mol. The molecule has 0 amide bonds. The molecule has 0 unspecified atom stereocenters. The lowest BCUT2D eigenvalue weighted by Gasteiger charge is -2.13. The smallest absolute Gasteiger partial charge is 0.168 e. The Morgan fingerprint density at radius 2 is 1.93 bits per heavy atom. The fourth-order valence-electron chi connectivity index (χ4n) is 3.57. The number of halogens is 1. The van der Waals surface area contributed by atoms with Crippen LogP contribution in [0, 0.1) is 19.7 Å². The molecule has 3 aromatic heterocycles. The van der Waals surface area contributed by atoms with Gasteiger partial charge in [0.1, 0.15) is 17.9 Å². The van der Waals surface area contributed by atoms with Gasteiger partial charge in [0.05, 0.1) is 7.11 Å². The van der Waals surface area contributed by atoms with E-state index < -0.39 is 0 Å². The second-order valence-corrected chi connectivity index (χ2v) is 6.88. The topological polar surface area (TPSA) is 52.3 Å². The molecule has 0 aliphatic rings. The van der Waals surface area contributed by atoms with Crippen molar-refractivity contribution in [2.45, 2.75) is 26.7 Å². The van der Waals surface area contributed by atoms with E-state index in [9.17, 15) is 4.39 Å². The minimum absolute atomic E-state index is 0.235. The Kier molecular flexibility index (Phi) is 4.77. The summed E-state index contributed by atoms with van der Waals surface area (Å²) in [6, 6.07) is 9.48. The van der Waals surface area contributed by atoms with Gasteiger partial charge in [0.25, 0.3) is 0 Å². The maximum atomic E-state index is 14.5. The number of ether oxygens (including phenoxy) is 1. The highest BCUT2D eigenvalue weighted by molar-refractivity contribution is 5.79. The highest BCUT2D eigenvalue weighted by Gasteiger charge is 2.14. The maximum Gasteiger partial charge on any atom is 0.168 e. The van der Waals surface area contributed by atoms with Gasteiger partial charge in [-0.1, -0.05) is 0 Å². The molecule has 0 saturated heterocycles. The third-order valence-electron chi connectivity index (χ3n) is 5.00. The van der Waals surface area contributed by atoms with Gasteiger partial charge in [0.15, 0.2) is 5.65 Å². The SMILES string of the molecule is COc1cc(C)cc(F)c1CCc1ccc(-c2ccncc2C)c2nncn12. The van der Waals surface area contributed by atoms with Gasteiger partial charge in [-0.2, -0.15) is 0 Å². The predicted molar refractivity (Wildman–Crippen MR) is 106 cm³/mol. The van der Waals surface area contributed by atoms with E-state index in [1.54, 1.807) is 25.7 Å². The van der Waals surface area contributed by atoms with Crippen molar-refractivity contribution in [2.24, 2.45) is 0 Å². The van der Waals surface area contributed by atoms with Crippen LogP contribution in [0.15, 0.2) is 49.1 Å². The summed E-state index contributed by atoms with van der Waals surface area (Å²) < 4.78 is 21.8. The van der Waals surface area contributed by atoms with E-state index in [1.807, 2.05) is 48.7 Å². The van der Waals surface area contributed by atoms with Gasteiger partial charge < -0.3 is 4.74 Å². The summed E-state index contributed by atoms with van der Waals surface area (Å²) in [6.07, 6.45) is 6.47. The molecule has 6 heteroatoms. The molecule has 4 rings (SSSR count). The first kappa shape index (κ1) is 18.1. The van der Waals surface area contributed by atoms with Gasteiger partial charge >= 0.3 is 0 Å². The first-order valence-electron chi connectivity index (χ1n) is 9.14. The molecule has 142 valence electrons. The van der Waals surface area contributed by atoms with Crippen molar-refractivity contribution in [1.82, 2.24) is 19.6 Å². The van der Waals surface area contributed by atoms with Crippen LogP contribution in [-0.2, 0) is 12.8 Å². The number of hydrogen-bond donors (Lipinski definition) is 0. The largest absolute Gasteiger partial charge is 0.496 e. The molecule has 4 aromatic rings. The van der Waals surface area contributed by atoms with Gasteiger partial charge in [0.2, 0.25) is 0 Å². The third kappa shape index (κ3) is 3.22. The second kappa shape index (κ2) is 7.38. The molecule has 0 atom stereocenters. The first-order valence-corrected chi connectivity index (χ1v) is 9.14. The Morgan fingerprint density at radius 1 is 1.07 bits per heavy atom. The standard InChI is InChI=1S/C22H21FN4O/c1-14-10-20(23)19(21(11-14)28-3)7-5-16-4-6-18(22-26-25-13-27(16)22)17-8-9-24-12-15(17)2/h4,6,8-13H,5,7H2,1-3H3. The molecule has 0 aliphatic heterocycles. The minimum Gasteiger partial charge on any atom is -0.496 e. The number of fused-ring (bicyclic) bond motifs is 1. The van der Waals surface area contributed by atoms with Crippen LogP contribution in [0.5, 0.6) is 5.75 Å². The predicted octanol–water partition coefficient (Wildman–Crippen LogP) is 4.34. The zero-order chi connectivity index (χ0) is 19.7. The van der Waals surface area contributed by atoms with Crippen LogP contribution in [0.3, 0.4) is 0 Å². The van der Waals surface area contributed by atoms with Gasteiger partial charge in [-0.05, 0) is 73.7 Å². The molecule has 0 fully saturated rings. The minimum atomic E-state index is -0.235. The van der Waals surface area contributed by atoms with Crippen molar-refractivity contribution in [2.75, 3.05) is 7.11 Å². The number of benzene rings is 1. The van der Waals surface area contributed by atoms with Crippen LogP contribution in [0.1, 0.15) is 22.4 Å². The van der Waals surface area contributed by atoms with Gasteiger partial charge in [-0.15, -0.1) is 10.2 Å². The van der Waals surface area contributed by atoms with E-state index >= 15 is 0 Å². The molecule has 0 bridgehead atoms. The van der Waals surface area contributed by atoms with E-state index in [0.29, 0.717) is 24.2 Å². The number of hydrogen-bond acceptors (Lipinski definition) is 4. The third-order valence-corrected chi connectivity index (χ3v) is 5.00. The van der Waals surface area contributed by atoms with Crippen LogP contribution >= 0.6 is 0 Å². The lowest BCUT2D eigenvalue weighted by molar-refractivity contribution is 0.404. The zero-order valence-corrected chi connectivity index (χ0v) is 16.1. The summed E-state index contributed by atoms with van der Waals surface area (Å²) >= 11 is 0. The summed E-state index contributed by atoms with van der Waals surface area (Å²) in [6.45, 7) is 3.88. The number of rotatable bonds is 5. The lowest BCUT2D eigenvalue weighted by Crippen LogP contribution is -2.04. The van der Waals surface area contributed by atoms with Crippen LogP contribution in [0.2, 0.25) is 0 Å². The van der Waals surface area contributed by atoms with E-state index in [0.717, 1.165) is 33.6 Å². The fraction of sp³-hybridized carbons (Fsp3) is 0.227. The number of aryl methyl sites for hydroxylation is 3. The molecule has 0 saturated carbocycles. The van der Waals surface area contributed by atoms with E-state index in [4.69, 9.17) is 4.74 Å². The van der Waals surface area contributed by atoms with Gasteiger partial charge in [-0.3, -0.25) is 9.38 Å². The summed E-state index contributed by atoms with van der Waals surface area (Å²) in [5.41, 5.74) is 6.37. The van der Waals surface area contributed by atoms with Crippen LogP contribution < -0.4 is 4.74 Å². The Bertz CT molecular complexity index is 1150. The molecule has 0 aliphatic carbocycles. The van der Waals surface area contributed by atoms with Crippen molar-refractivity contribution in [3.05, 3.63) is 77.3 Å². The van der Waals surface area contributed by atoms with Crippen molar-refractivity contribution < 1.29 is 9.13 Å². The second-order valence-electron chi connectivity index (χ2n) is 6.88. The molecule has 1 aromatic carbocycles. The molecule has 28 heavy (non-hydrogen) atoms. The quantitative estimate of drug-likeness (QED) is 0.520. The molecular weight excluding hydrogens is 355 g/mol. The van der Waals surface area contributed by atoms with Crippen molar-refractivity contribution >= 4 is 5.65 Å². The van der Waals surface area contributed by atoms with Gasteiger partial charge in [-0.25, -0.2) is 4.39 Å². The maximum absolute atomic E-state index is 14.5. The van der Waals surface area contributed by atoms with E-state index in [2.05, 4.69) is 15.2 Å². The number of methoxy groups -OCH3 is 1. The van der Waals surface area contributed by atoms with Gasteiger partial charge in [0, 0.05) is 29.2 Å². The molecule has 0 radical (unpaired) electrons. The van der Waals surface area contributed by atoms with E-state index in [1.165, 1.54) is 0 Å². The zero-order valence-electron chi connectivity index (χ0n) is 16.1. The number of aromatic nitrogens is 4. The summed E-state index contributed by atoms with van der Waals surface area (Å²) in [5.74, 6) is 0.349. The molecule has 3 heterocycles. The van der Waals surface area contributed by atoms with Crippen molar-refractivity contribution in [3.63, 3.8) is 0 Å². The summed E-state index contributed by atoms with van der Waals surface area (Å²) in [5, 5.41) is 8.40. The van der Waals surface area contributed by atoms with Crippen LogP contribution in [-0.4, -0.2) is 26.7 Å². The monoisotopic (exact) mass is 376 g/mol. The lowest BCUT2D eigenvalue weighted by atomic mass is 10.0. The molecule has 0 N–H and O–H groups in total. The van der Waals surface area contributed by atoms with Crippen molar-refractivity contribution in [3.8, 4) is 16.9 Å². The highest BCUT2D eigenvalue weighted by Crippen LogP contribution is 2.28. The number of nitrogens with zero attached hydrogens (tertiary/aromatic N) is 4. The first-order chi connectivity index (χ1) is 13.6. The van der Waals surface area contributed by atoms with E-state index in [-0.39, 0.29) is 5.82 Å².